The van der Waals surface area contributed by atoms with E-state index in [0.717, 1.165) is 28.6 Å². The van der Waals surface area contributed by atoms with Gasteiger partial charge in [0.1, 0.15) is 5.69 Å². The molecule has 1 aromatic heterocycles. The van der Waals surface area contributed by atoms with Crippen molar-refractivity contribution in [3.63, 3.8) is 0 Å². The maximum Gasteiger partial charge on any atom is 0.355 e. The number of rotatable bonds is 7. The number of hydrogen-bond donors (Lipinski definition) is 2. The third-order valence-corrected chi connectivity index (χ3v) is 4.54. The number of H-pyrrole nitrogens is 1. The fourth-order valence-electron chi connectivity index (χ4n) is 3.16. The number of aromatic nitrogens is 1. The summed E-state index contributed by atoms with van der Waals surface area (Å²) in [6.07, 6.45) is 0.674. The number of likely N-dealkylation sites (N-methyl/N-ethyl adjacent to an activating group) is 1. The molecule has 1 aliphatic rings. The number of aromatic amines is 1. The first-order chi connectivity index (χ1) is 12.9. The number of benzene rings is 1. The summed E-state index contributed by atoms with van der Waals surface area (Å²) in [5, 5.41) is 3.43. The van der Waals surface area contributed by atoms with Crippen molar-refractivity contribution in [1.82, 2.24) is 20.1 Å². The molecular formula is C19H24N4O4. The highest BCUT2D eigenvalue weighted by Crippen LogP contribution is 2.26. The van der Waals surface area contributed by atoms with Gasteiger partial charge in [0.05, 0.1) is 19.7 Å². The second-order valence-electron chi connectivity index (χ2n) is 6.77. The van der Waals surface area contributed by atoms with Crippen LogP contribution in [0.2, 0.25) is 0 Å². The first-order valence-corrected chi connectivity index (χ1v) is 8.94. The summed E-state index contributed by atoms with van der Waals surface area (Å²) < 4.78 is 5.18. The number of esters is 1. The topological polar surface area (TPSA) is 94.7 Å². The van der Waals surface area contributed by atoms with Gasteiger partial charge in [-0.3, -0.25) is 9.69 Å². The summed E-state index contributed by atoms with van der Waals surface area (Å²) in [5.74, 6) is -0.618. The van der Waals surface area contributed by atoms with Crippen molar-refractivity contribution in [2.45, 2.75) is 19.9 Å². The molecule has 2 heterocycles. The summed E-state index contributed by atoms with van der Waals surface area (Å²) in [5.41, 5.74) is 3.00. The van der Waals surface area contributed by atoms with Gasteiger partial charge in [-0.2, -0.15) is 0 Å². The molecule has 0 spiro atoms. The lowest BCUT2D eigenvalue weighted by Crippen LogP contribution is -2.30. The van der Waals surface area contributed by atoms with E-state index in [0.29, 0.717) is 18.7 Å². The third-order valence-electron chi connectivity index (χ3n) is 4.54. The van der Waals surface area contributed by atoms with Crippen molar-refractivity contribution in [3.05, 3.63) is 35.0 Å². The second-order valence-corrected chi connectivity index (χ2v) is 6.77. The van der Waals surface area contributed by atoms with E-state index in [1.807, 2.05) is 37.2 Å². The second kappa shape index (κ2) is 7.79. The molecule has 1 aliphatic heterocycles. The molecule has 2 N–H and O–H groups in total. The Morgan fingerprint density at radius 2 is 2.07 bits per heavy atom. The number of ether oxygens (including phenoxy) is 1. The molecule has 1 fully saturated rings. The van der Waals surface area contributed by atoms with E-state index in [-0.39, 0.29) is 31.0 Å². The molecule has 8 nitrogen and oxygen atoms in total. The molecule has 8 heteroatoms. The normalized spacial score (nSPS) is 14.3. The number of nitrogens with one attached hydrogen (secondary N) is 2. The first kappa shape index (κ1) is 18.9. The van der Waals surface area contributed by atoms with E-state index < -0.39 is 0 Å². The number of carbonyl (C=O) groups excluding carboxylic acids is 3. The van der Waals surface area contributed by atoms with E-state index in [9.17, 15) is 14.4 Å². The summed E-state index contributed by atoms with van der Waals surface area (Å²) in [4.78, 5) is 42.4. The number of carbonyl (C=O) groups is 3. The van der Waals surface area contributed by atoms with Crippen LogP contribution < -0.4 is 5.32 Å². The largest absolute Gasteiger partial charge is 0.461 e. The Kier molecular flexibility index (Phi) is 5.46. The van der Waals surface area contributed by atoms with Gasteiger partial charge in [-0.25, -0.2) is 9.59 Å². The molecule has 2 aromatic rings. The van der Waals surface area contributed by atoms with Crippen LogP contribution in [0, 0.1) is 0 Å². The van der Waals surface area contributed by atoms with Gasteiger partial charge in [-0.15, -0.1) is 0 Å². The van der Waals surface area contributed by atoms with Crippen LogP contribution in [-0.4, -0.2) is 66.5 Å². The molecule has 0 radical (unpaired) electrons. The van der Waals surface area contributed by atoms with Crippen LogP contribution in [-0.2, 0) is 22.5 Å². The van der Waals surface area contributed by atoms with Crippen molar-refractivity contribution >= 4 is 28.8 Å². The van der Waals surface area contributed by atoms with Crippen LogP contribution in [0.3, 0.4) is 0 Å². The molecule has 3 amide bonds. The van der Waals surface area contributed by atoms with E-state index in [1.165, 1.54) is 4.90 Å². The number of nitrogens with zero attached hydrogens (tertiary/aromatic N) is 2. The zero-order chi connectivity index (χ0) is 19.6. The fourth-order valence-corrected chi connectivity index (χ4v) is 3.16. The number of amides is 3. The highest BCUT2D eigenvalue weighted by Gasteiger charge is 2.28. The average Bonchev–Trinajstić information content (AvgIpc) is 3.14. The van der Waals surface area contributed by atoms with E-state index in [2.05, 4.69) is 10.3 Å². The van der Waals surface area contributed by atoms with Crippen molar-refractivity contribution in [2.24, 2.45) is 0 Å². The summed E-state index contributed by atoms with van der Waals surface area (Å²) in [6.45, 7) is 3.09. The molecule has 3 rings (SSSR count). The summed E-state index contributed by atoms with van der Waals surface area (Å²) in [6, 6.07) is 5.26. The molecule has 0 bridgehead atoms. The number of fused-ring (bicyclic) bond motifs is 1. The summed E-state index contributed by atoms with van der Waals surface area (Å²) in [7, 11) is 3.95. The Balaban J connectivity index is 1.97. The minimum atomic E-state index is -0.380. The number of imide groups is 1. The Labute approximate surface area is 157 Å². The Hall–Kier alpha value is -2.87. The highest BCUT2D eigenvalue weighted by molar-refractivity contribution is 6.02. The number of urea groups is 1. The lowest BCUT2D eigenvalue weighted by atomic mass is 10.0. The Morgan fingerprint density at radius 3 is 2.70 bits per heavy atom. The van der Waals surface area contributed by atoms with Crippen LogP contribution in [0.5, 0.6) is 0 Å². The standard InChI is InChI=1S/C19H24N4O4/c1-4-27-18(25)17-13(7-8-22(2)3)14-9-12(5-6-15(14)21-17)11-23-16(24)10-20-19(23)26/h5-6,9,21H,4,7-8,10-11H2,1-3H3,(H,20,26). The van der Waals surface area contributed by atoms with E-state index >= 15 is 0 Å². The van der Waals surface area contributed by atoms with Crippen LogP contribution >= 0.6 is 0 Å². The van der Waals surface area contributed by atoms with Gasteiger partial charge >= 0.3 is 12.0 Å². The van der Waals surface area contributed by atoms with Crippen molar-refractivity contribution < 1.29 is 19.1 Å². The molecule has 0 atom stereocenters. The van der Waals surface area contributed by atoms with Gasteiger partial charge < -0.3 is 19.9 Å². The van der Waals surface area contributed by atoms with Crippen LogP contribution in [0.25, 0.3) is 10.9 Å². The lowest BCUT2D eigenvalue weighted by molar-refractivity contribution is -0.125. The lowest BCUT2D eigenvalue weighted by Gasteiger charge is -2.13. The molecule has 1 saturated heterocycles. The van der Waals surface area contributed by atoms with Gasteiger partial charge in [0.25, 0.3) is 0 Å². The van der Waals surface area contributed by atoms with Gasteiger partial charge in [0.2, 0.25) is 5.91 Å². The zero-order valence-corrected chi connectivity index (χ0v) is 15.8. The predicted octanol–water partition coefficient (Wildman–Crippen LogP) is 1.50. The molecule has 1 aromatic carbocycles. The zero-order valence-electron chi connectivity index (χ0n) is 15.8. The van der Waals surface area contributed by atoms with Crippen LogP contribution in [0.4, 0.5) is 4.79 Å². The third kappa shape index (κ3) is 3.95. The first-order valence-electron chi connectivity index (χ1n) is 8.94. The van der Waals surface area contributed by atoms with Crippen molar-refractivity contribution in [3.8, 4) is 0 Å². The Morgan fingerprint density at radius 1 is 1.30 bits per heavy atom. The van der Waals surface area contributed by atoms with E-state index in [1.54, 1.807) is 6.92 Å². The number of hydrogen-bond acceptors (Lipinski definition) is 5. The highest BCUT2D eigenvalue weighted by atomic mass is 16.5. The molecule has 27 heavy (non-hydrogen) atoms. The maximum atomic E-state index is 12.4. The average molecular weight is 372 g/mol. The molecular weight excluding hydrogens is 348 g/mol. The van der Waals surface area contributed by atoms with Gasteiger partial charge in [0.15, 0.2) is 0 Å². The summed E-state index contributed by atoms with van der Waals surface area (Å²) >= 11 is 0. The molecule has 144 valence electrons. The van der Waals surface area contributed by atoms with E-state index in [4.69, 9.17) is 4.74 Å². The smallest absolute Gasteiger partial charge is 0.355 e. The quantitative estimate of drug-likeness (QED) is 0.567. The van der Waals surface area contributed by atoms with Gasteiger partial charge in [-0.1, -0.05) is 6.07 Å². The van der Waals surface area contributed by atoms with Crippen molar-refractivity contribution in [1.29, 1.82) is 0 Å². The SMILES string of the molecule is CCOC(=O)c1[nH]c2ccc(CN3C(=O)CNC3=O)cc2c1CCN(C)C. The predicted molar refractivity (Wildman–Crippen MR) is 100 cm³/mol. The Bertz CT molecular complexity index is 871. The minimum Gasteiger partial charge on any atom is -0.461 e. The monoisotopic (exact) mass is 372 g/mol. The van der Waals surface area contributed by atoms with Gasteiger partial charge in [-0.05, 0) is 50.7 Å². The van der Waals surface area contributed by atoms with Gasteiger partial charge in [0, 0.05) is 17.4 Å². The molecule has 0 aliphatic carbocycles. The minimum absolute atomic E-state index is 0.0341. The molecule has 0 saturated carbocycles. The van der Waals surface area contributed by atoms with Crippen LogP contribution in [0.15, 0.2) is 18.2 Å². The maximum absolute atomic E-state index is 12.4. The van der Waals surface area contributed by atoms with Crippen LogP contribution in [0.1, 0.15) is 28.5 Å². The van der Waals surface area contributed by atoms with Crippen molar-refractivity contribution in [2.75, 3.05) is 33.8 Å². The fraction of sp³-hybridized carbons (Fsp3) is 0.421. The molecule has 0 unspecified atom stereocenters.